The largest absolute Gasteiger partial charge is 0.493 e. The van der Waals surface area contributed by atoms with E-state index in [1.54, 1.807) is 54.6 Å². The minimum absolute atomic E-state index is 0.0396. The minimum atomic E-state index is -0.834. The molecule has 4 rings (SSSR count). The van der Waals surface area contributed by atoms with Gasteiger partial charge in [-0.05, 0) is 60.4 Å². The van der Waals surface area contributed by atoms with Crippen LogP contribution in [0.2, 0.25) is 0 Å². The number of hydrogen-bond acceptors (Lipinski definition) is 7. The Morgan fingerprint density at radius 1 is 0.930 bits per heavy atom. The molecule has 3 aromatic rings. The van der Waals surface area contributed by atoms with Gasteiger partial charge in [-0.15, -0.1) is 6.58 Å². The van der Waals surface area contributed by atoms with Crippen LogP contribution < -0.4 is 24.3 Å². The van der Waals surface area contributed by atoms with Crippen LogP contribution >= 0.6 is 0 Å². The zero-order valence-electron chi connectivity index (χ0n) is 24.3. The summed E-state index contributed by atoms with van der Waals surface area (Å²) in [6.45, 7) is 6.15. The summed E-state index contributed by atoms with van der Waals surface area (Å²) in [5, 5.41) is 2.24. The van der Waals surface area contributed by atoms with Crippen molar-refractivity contribution in [3.63, 3.8) is 0 Å². The first-order chi connectivity index (χ1) is 20.8. The van der Waals surface area contributed by atoms with E-state index in [-0.39, 0.29) is 18.7 Å². The Balaban J connectivity index is 1.63. The third-order valence-corrected chi connectivity index (χ3v) is 6.60. The van der Waals surface area contributed by atoms with Crippen molar-refractivity contribution in [2.45, 2.75) is 32.9 Å². The Labute approximate surface area is 249 Å². The van der Waals surface area contributed by atoms with Gasteiger partial charge in [-0.2, -0.15) is 0 Å². The number of amides is 4. The third-order valence-electron chi connectivity index (χ3n) is 6.60. The lowest BCUT2D eigenvalue weighted by Gasteiger charge is -2.26. The molecule has 1 aliphatic heterocycles. The van der Waals surface area contributed by atoms with Crippen molar-refractivity contribution in [1.29, 1.82) is 0 Å². The molecule has 0 spiro atoms. The lowest BCUT2D eigenvalue weighted by Crippen LogP contribution is -2.53. The summed E-state index contributed by atoms with van der Waals surface area (Å²) in [5.41, 5.74) is 1.84. The van der Waals surface area contributed by atoms with E-state index in [1.165, 1.54) is 26.4 Å². The van der Waals surface area contributed by atoms with Crippen LogP contribution in [0.25, 0.3) is 6.08 Å². The SMILES string of the molecule is C=CCc1cc(/C=C2\C(=O)NC(=O)N(Cc3ccc(OCCC)c(OC)c3)C2=O)cc(OC)c1OCc1ccccc1F. The standard InChI is InChI=1S/C33H33FN2O7/c1-5-9-23-15-22(18-29(41-4)30(23)43-20-24-10-7-8-11-26(24)34)16-25-31(37)35-33(39)36(32(25)38)19-21-12-13-27(42-14-6-2)28(17-21)40-3/h5,7-8,10-13,15-18H,1,6,9,14,19-20H2,2-4H3,(H,35,37,39)/b25-16+. The number of rotatable bonds is 13. The zero-order valence-corrected chi connectivity index (χ0v) is 24.3. The van der Waals surface area contributed by atoms with Crippen LogP contribution in [-0.2, 0) is 29.2 Å². The van der Waals surface area contributed by atoms with Gasteiger partial charge in [0.1, 0.15) is 18.0 Å². The van der Waals surface area contributed by atoms with Gasteiger partial charge in [0.25, 0.3) is 11.8 Å². The maximum Gasteiger partial charge on any atom is 0.331 e. The summed E-state index contributed by atoms with van der Waals surface area (Å²) < 4.78 is 36.8. The maximum absolute atomic E-state index is 14.2. The lowest BCUT2D eigenvalue weighted by molar-refractivity contribution is -0.130. The van der Waals surface area contributed by atoms with Gasteiger partial charge in [0.05, 0.1) is 27.4 Å². The predicted octanol–water partition coefficient (Wildman–Crippen LogP) is 5.60. The van der Waals surface area contributed by atoms with E-state index in [0.717, 1.165) is 11.3 Å². The molecular weight excluding hydrogens is 555 g/mol. The van der Waals surface area contributed by atoms with Gasteiger partial charge in [0, 0.05) is 11.1 Å². The van der Waals surface area contributed by atoms with Crippen molar-refractivity contribution in [2.75, 3.05) is 20.8 Å². The zero-order chi connectivity index (χ0) is 30.9. The molecule has 1 heterocycles. The summed E-state index contributed by atoms with van der Waals surface area (Å²) >= 11 is 0. The monoisotopic (exact) mass is 588 g/mol. The molecule has 1 N–H and O–H groups in total. The van der Waals surface area contributed by atoms with Gasteiger partial charge in [-0.25, -0.2) is 9.18 Å². The molecule has 0 aromatic heterocycles. The van der Waals surface area contributed by atoms with Crippen molar-refractivity contribution >= 4 is 23.9 Å². The van der Waals surface area contributed by atoms with E-state index in [1.807, 2.05) is 6.92 Å². The van der Waals surface area contributed by atoms with Crippen LogP contribution in [0.4, 0.5) is 9.18 Å². The number of carbonyl (C=O) groups is 3. The van der Waals surface area contributed by atoms with Crippen LogP contribution in [0.1, 0.15) is 35.6 Å². The summed E-state index contributed by atoms with van der Waals surface area (Å²) in [7, 11) is 2.95. The molecule has 4 amide bonds. The first-order valence-corrected chi connectivity index (χ1v) is 13.7. The number of hydrogen-bond donors (Lipinski definition) is 1. The fourth-order valence-electron chi connectivity index (χ4n) is 4.48. The number of halogens is 1. The van der Waals surface area contributed by atoms with Gasteiger partial charge < -0.3 is 18.9 Å². The molecule has 1 aliphatic rings. The van der Waals surface area contributed by atoms with Gasteiger partial charge in [-0.3, -0.25) is 19.8 Å². The van der Waals surface area contributed by atoms with Crippen LogP contribution in [0, 0.1) is 5.82 Å². The van der Waals surface area contributed by atoms with Crippen molar-refractivity contribution in [3.8, 4) is 23.0 Å². The van der Waals surface area contributed by atoms with Crippen LogP contribution in [0.15, 0.2) is 72.8 Å². The average Bonchev–Trinajstić information content (AvgIpc) is 3.00. The second-order valence-corrected chi connectivity index (χ2v) is 9.63. The first kappa shape index (κ1) is 30.8. The average molecular weight is 589 g/mol. The first-order valence-electron chi connectivity index (χ1n) is 13.7. The second-order valence-electron chi connectivity index (χ2n) is 9.63. The Kier molecular flexibility index (Phi) is 10.2. The molecule has 0 saturated carbocycles. The number of nitrogens with zero attached hydrogens (tertiary/aromatic N) is 1. The topological polar surface area (TPSA) is 103 Å². The molecular formula is C33H33FN2O7. The summed E-state index contributed by atoms with van der Waals surface area (Å²) in [4.78, 5) is 39.9. The Morgan fingerprint density at radius 3 is 2.40 bits per heavy atom. The number of nitrogens with one attached hydrogen (secondary N) is 1. The van der Waals surface area contributed by atoms with E-state index < -0.39 is 23.7 Å². The molecule has 1 saturated heterocycles. The van der Waals surface area contributed by atoms with Gasteiger partial charge in [-0.1, -0.05) is 37.3 Å². The lowest BCUT2D eigenvalue weighted by atomic mass is 10.0. The predicted molar refractivity (Wildman–Crippen MR) is 158 cm³/mol. The second kappa shape index (κ2) is 14.2. The van der Waals surface area contributed by atoms with E-state index in [4.69, 9.17) is 18.9 Å². The number of urea groups is 1. The fourth-order valence-corrected chi connectivity index (χ4v) is 4.48. The molecule has 1 fully saturated rings. The number of methoxy groups -OCH3 is 2. The normalized spacial score (nSPS) is 14.0. The highest BCUT2D eigenvalue weighted by molar-refractivity contribution is 6.31. The number of imide groups is 2. The number of barbiturate groups is 1. The molecule has 43 heavy (non-hydrogen) atoms. The quantitative estimate of drug-likeness (QED) is 0.158. The fraction of sp³-hybridized carbons (Fsp3) is 0.242. The molecule has 3 aromatic carbocycles. The minimum Gasteiger partial charge on any atom is -0.493 e. The van der Waals surface area contributed by atoms with Crippen LogP contribution in [0.3, 0.4) is 0 Å². The van der Waals surface area contributed by atoms with Crippen molar-refractivity contribution in [1.82, 2.24) is 10.2 Å². The van der Waals surface area contributed by atoms with E-state index >= 15 is 0 Å². The Hall–Kier alpha value is -5.12. The molecule has 9 nitrogen and oxygen atoms in total. The maximum atomic E-state index is 14.2. The van der Waals surface area contributed by atoms with Crippen molar-refractivity contribution in [3.05, 3.63) is 101 Å². The van der Waals surface area contributed by atoms with E-state index in [2.05, 4.69) is 11.9 Å². The van der Waals surface area contributed by atoms with Gasteiger partial charge in [0.15, 0.2) is 23.0 Å². The third kappa shape index (κ3) is 7.21. The van der Waals surface area contributed by atoms with E-state index in [9.17, 15) is 18.8 Å². The Morgan fingerprint density at radius 2 is 1.70 bits per heavy atom. The highest BCUT2D eigenvalue weighted by atomic mass is 19.1. The number of allylic oxidation sites excluding steroid dienone is 1. The van der Waals surface area contributed by atoms with Crippen LogP contribution in [-0.4, -0.2) is 43.6 Å². The molecule has 224 valence electrons. The molecule has 0 radical (unpaired) electrons. The van der Waals surface area contributed by atoms with E-state index in [0.29, 0.717) is 58.3 Å². The molecule has 0 atom stereocenters. The highest BCUT2D eigenvalue weighted by Crippen LogP contribution is 2.35. The number of benzene rings is 3. The van der Waals surface area contributed by atoms with Gasteiger partial charge in [0.2, 0.25) is 0 Å². The summed E-state index contributed by atoms with van der Waals surface area (Å²) in [5.74, 6) is -0.278. The summed E-state index contributed by atoms with van der Waals surface area (Å²) in [6, 6.07) is 13.9. The molecule has 0 bridgehead atoms. The van der Waals surface area contributed by atoms with Gasteiger partial charge >= 0.3 is 6.03 Å². The molecule has 0 aliphatic carbocycles. The number of carbonyl (C=O) groups excluding carboxylic acids is 3. The molecule has 0 unspecified atom stereocenters. The van der Waals surface area contributed by atoms with Crippen molar-refractivity contribution in [2.24, 2.45) is 0 Å². The molecule has 10 heteroatoms. The number of ether oxygens (including phenoxy) is 4. The highest BCUT2D eigenvalue weighted by Gasteiger charge is 2.36. The van der Waals surface area contributed by atoms with Crippen LogP contribution in [0.5, 0.6) is 23.0 Å². The Bertz CT molecular complexity index is 1570. The summed E-state index contributed by atoms with van der Waals surface area (Å²) in [6.07, 6.45) is 4.23. The smallest absolute Gasteiger partial charge is 0.331 e. The van der Waals surface area contributed by atoms with Crippen molar-refractivity contribution < 1.29 is 37.7 Å².